The van der Waals surface area contributed by atoms with Crippen LogP contribution in [0.15, 0.2) is 27.6 Å². The van der Waals surface area contributed by atoms with Gasteiger partial charge in [-0.2, -0.15) is 0 Å². The Balaban J connectivity index is 1.97. The molecule has 100 valence electrons. The zero-order valence-corrected chi connectivity index (χ0v) is 13.6. The summed E-state index contributed by atoms with van der Waals surface area (Å²) in [7, 11) is 0. The molecule has 0 bridgehead atoms. The first-order valence-electron chi connectivity index (χ1n) is 6.83. The zero-order chi connectivity index (χ0) is 13.0. The van der Waals surface area contributed by atoms with E-state index in [1.165, 1.54) is 39.9 Å². The Kier molecular flexibility index (Phi) is 5.58. The van der Waals surface area contributed by atoms with Crippen molar-refractivity contribution < 1.29 is 0 Å². The standard InChI is InChI=1S/C15H22BrNS/c1-3-11(2)10-18-15-7-4-13(16)8-12(15)9-17-14-5-6-14/h4,7-8,11,14,17H,3,5-6,9-10H2,1-2H3. The van der Waals surface area contributed by atoms with E-state index in [1.807, 2.05) is 11.8 Å². The molecule has 1 aromatic carbocycles. The predicted octanol–water partition coefficient (Wildman–Crippen LogP) is 4.84. The quantitative estimate of drug-likeness (QED) is 0.719. The van der Waals surface area contributed by atoms with E-state index in [0.717, 1.165) is 18.5 Å². The molecule has 1 aliphatic rings. The molecule has 18 heavy (non-hydrogen) atoms. The van der Waals surface area contributed by atoms with Gasteiger partial charge in [-0.25, -0.2) is 0 Å². The molecule has 0 spiro atoms. The molecule has 2 rings (SSSR count). The molecule has 0 aromatic heterocycles. The third-order valence-corrected chi connectivity index (χ3v) is 5.34. The van der Waals surface area contributed by atoms with Gasteiger partial charge in [0.1, 0.15) is 0 Å². The Morgan fingerprint density at radius 3 is 2.89 bits per heavy atom. The molecule has 1 atom stereocenters. The van der Waals surface area contributed by atoms with Crippen LogP contribution in [-0.4, -0.2) is 11.8 Å². The minimum absolute atomic E-state index is 0.774. The maximum absolute atomic E-state index is 3.61. The van der Waals surface area contributed by atoms with Crippen molar-refractivity contribution in [1.29, 1.82) is 0 Å². The fourth-order valence-corrected chi connectivity index (χ4v) is 3.31. The summed E-state index contributed by atoms with van der Waals surface area (Å²) in [6.07, 6.45) is 3.96. The lowest BCUT2D eigenvalue weighted by Crippen LogP contribution is -2.16. The van der Waals surface area contributed by atoms with Crippen molar-refractivity contribution in [2.24, 2.45) is 5.92 Å². The van der Waals surface area contributed by atoms with Crippen LogP contribution in [0.3, 0.4) is 0 Å². The Labute approximate surface area is 123 Å². The lowest BCUT2D eigenvalue weighted by atomic mass is 10.2. The molecular formula is C15H22BrNS. The Bertz CT molecular complexity index is 390. The van der Waals surface area contributed by atoms with E-state index in [1.54, 1.807) is 0 Å². The van der Waals surface area contributed by atoms with E-state index in [2.05, 4.69) is 53.3 Å². The van der Waals surface area contributed by atoms with Crippen molar-refractivity contribution in [2.75, 3.05) is 5.75 Å². The minimum Gasteiger partial charge on any atom is -0.310 e. The van der Waals surface area contributed by atoms with E-state index in [4.69, 9.17) is 0 Å². The monoisotopic (exact) mass is 327 g/mol. The highest BCUT2D eigenvalue weighted by atomic mass is 79.9. The SMILES string of the molecule is CCC(C)CSc1ccc(Br)cc1CNC1CC1. The molecule has 3 heteroatoms. The van der Waals surface area contributed by atoms with Gasteiger partial charge in [0.05, 0.1) is 0 Å². The number of hydrogen-bond donors (Lipinski definition) is 1. The number of hydrogen-bond acceptors (Lipinski definition) is 2. The summed E-state index contributed by atoms with van der Waals surface area (Å²) in [5.41, 5.74) is 1.43. The fraction of sp³-hybridized carbons (Fsp3) is 0.600. The Morgan fingerprint density at radius 1 is 1.44 bits per heavy atom. The molecule has 1 N–H and O–H groups in total. The predicted molar refractivity (Wildman–Crippen MR) is 84.2 cm³/mol. The number of rotatable bonds is 7. The van der Waals surface area contributed by atoms with Gasteiger partial charge >= 0.3 is 0 Å². The summed E-state index contributed by atoms with van der Waals surface area (Å²) in [4.78, 5) is 1.44. The highest BCUT2D eigenvalue weighted by Gasteiger charge is 2.20. The molecule has 0 radical (unpaired) electrons. The lowest BCUT2D eigenvalue weighted by Gasteiger charge is -2.13. The number of thioether (sulfide) groups is 1. The molecule has 1 aromatic rings. The van der Waals surface area contributed by atoms with Gasteiger partial charge in [0.25, 0.3) is 0 Å². The van der Waals surface area contributed by atoms with Crippen LogP contribution in [0, 0.1) is 5.92 Å². The van der Waals surface area contributed by atoms with Crippen LogP contribution in [0.2, 0.25) is 0 Å². The van der Waals surface area contributed by atoms with Gasteiger partial charge in [0.15, 0.2) is 0 Å². The third kappa shape index (κ3) is 4.60. The van der Waals surface area contributed by atoms with E-state index < -0.39 is 0 Å². The van der Waals surface area contributed by atoms with E-state index >= 15 is 0 Å². The number of nitrogens with one attached hydrogen (secondary N) is 1. The van der Waals surface area contributed by atoms with Gasteiger partial charge in [-0.05, 0) is 42.5 Å². The van der Waals surface area contributed by atoms with Crippen molar-refractivity contribution in [2.45, 2.75) is 50.6 Å². The fourth-order valence-electron chi connectivity index (χ4n) is 1.72. The topological polar surface area (TPSA) is 12.0 Å². The first-order valence-corrected chi connectivity index (χ1v) is 8.61. The van der Waals surface area contributed by atoms with E-state index in [0.29, 0.717) is 0 Å². The van der Waals surface area contributed by atoms with E-state index in [-0.39, 0.29) is 0 Å². The second-order valence-corrected chi connectivity index (χ2v) is 7.21. The largest absolute Gasteiger partial charge is 0.310 e. The first kappa shape index (κ1) is 14.4. The molecule has 1 saturated carbocycles. The van der Waals surface area contributed by atoms with Crippen LogP contribution in [0.4, 0.5) is 0 Å². The lowest BCUT2D eigenvalue weighted by molar-refractivity contribution is 0.636. The van der Waals surface area contributed by atoms with Crippen molar-refractivity contribution >= 4 is 27.7 Å². The molecule has 0 heterocycles. The summed E-state index contributed by atoms with van der Waals surface area (Å²) in [6, 6.07) is 7.44. The maximum Gasteiger partial charge on any atom is 0.0219 e. The molecule has 1 unspecified atom stereocenters. The Hall–Kier alpha value is 0.01000. The average Bonchev–Trinajstić information content (AvgIpc) is 3.18. The number of halogens is 1. The van der Waals surface area contributed by atoms with Gasteiger partial charge in [0, 0.05) is 27.7 Å². The summed E-state index contributed by atoms with van der Waals surface area (Å²) >= 11 is 5.58. The van der Waals surface area contributed by atoms with Crippen LogP contribution in [-0.2, 0) is 6.54 Å². The molecule has 0 amide bonds. The molecule has 0 saturated heterocycles. The Morgan fingerprint density at radius 2 is 2.22 bits per heavy atom. The first-order chi connectivity index (χ1) is 8.69. The van der Waals surface area contributed by atoms with Crippen molar-refractivity contribution in [1.82, 2.24) is 5.32 Å². The number of benzene rings is 1. The molecular weight excluding hydrogens is 306 g/mol. The maximum atomic E-state index is 3.61. The van der Waals surface area contributed by atoms with Crippen molar-refractivity contribution in [3.8, 4) is 0 Å². The van der Waals surface area contributed by atoms with Crippen LogP contribution >= 0.6 is 27.7 Å². The van der Waals surface area contributed by atoms with Gasteiger partial charge in [0.2, 0.25) is 0 Å². The van der Waals surface area contributed by atoms with E-state index in [9.17, 15) is 0 Å². The van der Waals surface area contributed by atoms with Crippen LogP contribution in [0.5, 0.6) is 0 Å². The van der Waals surface area contributed by atoms with Crippen molar-refractivity contribution in [3.05, 3.63) is 28.2 Å². The van der Waals surface area contributed by atoms with Gasteiger partial charge in [-0.3, -0.25) is 0 Å². The van der Waals surface area contributed by atoms with Crippen LogP contribution < -0.4 is 5.32 Å². The van der Waals surface area contributed by atoms with Gasteiger partial charge in [-0.15, -0.1) is 11.8 Å². The average molecular weight is 328 g/mol. The summed E-state index contributed by atoms with van der Waals surface area (Å²) in [5.74, 6) is 2.01. The second-order valence-electron chi connectivity index (χ2n) is 5.23. The summed E-state index contributed by atoms with van der Waals surface area (Å²) in [6.45, 7) is 5.60. The third-order valence-electron chi connectivity index (χ3n) is 3.40. The van der Waals surface area contributed by atoms with Gasteiger partial charge in [-0.1, -0.05) is 36.2 Å². The molecule has 0 aliphatic heterocycles. The molecule has 1 fully saturated rings. The highest BCUT2D eigenvalue weighted by molar-refractivity contribution is 9.10. The smallest absolute Gasteiger partial charge is 0.0219 e. The second kappa shape index (κ2) is 6.97. The van der Waals surface area contributed by atoms with Crippen LogP contribution in [0.1, 0.15) is 38.7 Å². The molecule has 1 nitrogen and oxygen atoms in total. The summed E-state index contributed by atoms with van der Waals surface area (Å²) in [5, 5.41) is 3.61. The molecule has 1 aliphatic carbocycles. The van der Waals surface area contributed by atoms with Crippen LogP contribution in [0.25, 0.3) is 0 Å². The minimum atomic E-state index is 0.774. The summed E-state index contributed by atoms with van der Waals surface area (Å²) < 4.78 is 1.18. The normalized spacial score (nSPS) is 16.8. The zero-order valence-electron chi connectivity index (χ0n) is 11.2. The van der Waals surface area contributed by atoms with Crippen molar-refractivity contribution in [3.63, 3.8) is 0 Å². The van der Waals surface area contributed by atoms with Gasteiger partial charge < -0.3 is 5.32 Å². The highest BCUT2D eigenvalue weighted by Crippen LogP contribution is 2.29.